The number of benzene rings is 1. The summed E-state index contributed by atoms with van der Waals surface area (Å²) in [5, 5.41) is 11.5. The van der Waals surface area contributed by atoms with Gasteiger partial charge in [0.25, 0.3) is 5.91 Å². The Hall–Kier alpha value is -2.10. The number of amides is 1. The van der Waals surface area contributed by atoms with Gasteiger partial charge in [0.05, 0.1) is 0 Å². The Labute approximate surface area is 125 Å². The molecule has 0 radical (unpaired) electrons. The van der Waals surface area contributed by atoms with Crippen molar-refractivity contribution < 1.29 is 14.7 Å². The maximum Gasteiger partial charge on any atom is 0.328 e. The summed E-state index contributed by atoms with van der Waals surface area (Å²) in [5.41, 5.74) is 1.47. The van der Waals surface area contributed by atoms with Crippen molar-refractivity contribution in [3.05, 3.63) is 41.5 Å². The highest BCUT2D eigenvalue weighted by Gasteiger charge is 2.20. The first-order valence-electron chi connectivity index (χ1n) is 6.99. The molecule has 1 atom stereocenters. The summed E-state index contributed by atoms with van der Waals surface area (Å²) in [6, 6.07) is 6.83. The van der Waals surface area contributed by atoms with E-state index in [0.717, 1.165) is 11.6 Å². The molecule has 114 valence electrons. The summed E-state index contributed by atoms with van der Waals surface area (Å²) in [7, 11) is 0. The van der Waals surface area contributed by atoms with E-state index >= 15 is 0 Å². The normalized spacial score (nSPS) is 13.1. The molecule has 0 aliphatic heterocycles. The van der Waals surface area contributed by atoms with Gasteiger partial charge in [0.15, 0.2) is 0 Å². The van der Waals surface area contributed by atoms with Crippen LogP contribution in [0.2, 0.25) is 0 Å². The number of hydrogen-bond acceptors (Lipinski definition) is 2. The molecule has 0 bridgehead atoms. The lowest BCUT2D eigenvalue weighted by molar-refractivity contribution is -0.131. The van der Waals surface area contributed by atoms with Gasteiger partial charge in [0, 0.05) is 18.2 Å². The van der Waals surface area contributed by atoms with E-state index in [1.54, 1.807) is 24.3 Å². The molecule has 0 aliphatic carbocycles. The molecular weight excluding hydrogens is 266 g/mol. The maximum absolute atomic E-state index is 12.0. The van der Waals surface area contributed by atoms with Crippen LogP contribution in [-0.4, -0.2) is 23.5 Å². The molecule has 1 aromatic rings. The molecule has 0 spiro atoms. The average molecular weight is 289 g/mol. The highest BCUT2D eigenvalue weighted by molar-refractivity contribution is 5.94. The summed E-state index contributed by atoms with van der Waals surface area (Å²) in [6.07, 6.45) is 2.56. The summed E-state index contributed by atoms with van der Waals surface area (Å²) in [4.78, 5) is 22.5. The number of aliphatic carboxylic acids is 1. The monoisotopic (exact) mass is 289 g/mol. The van der Waals surface area contributed by atoms with Crippen LogP contribution in [0.3, 0.4) is 0 Å². The van der Waals surface area contributed by atoms with Gasteiger partial charge in [0.1, 0.15) is 0 Å². The van der Waals surface area contributed by atoms with Gasteiger partial charge in [-0.25, -0.2) is 4.79 Å². The zero-order valence-electron chi connectivity index (χ0n) is 13.0. The van der Waals surface area contributed by atoms with Gasteiger partial charge in [-0.15, -0.1) is 0 Å². The van der Waals surface area contributed by atoms with Gasteiger partial charge < -0.3 is 10.4 Å². The zero-order chi connectivity index (χ0) is 16.0. The summed E-state index contributed by atoms with van der Waals surface area (Å²) < 4.78 is 0. The third-order valence-corrected chi connectivity index (χ3v) is 3.64. The van der Waals surface area contributed by atoms with Crippen molar-refractivity contribution in [2.75, 3.05) is 6.54 Å². The van der Waals surface area contributed by atoms with Crippen LogP contribution in [0.4, 0.5) is 0 Å². The van der Waals surface area contributed by atoms with E-state index in [9.17, 15) is 9.59 Å². The largest absolute Gasteiger partial charge is 0.478 e. The minimum Gasteiger partial charge on any atom is -0.478 e. The van der Waals surface area contributed by atoms with E-state index < -0.39 is 5.97 Å². The Balaban J connectivity index is 2.61. The highest BCUT2D eigenvalue weighted by Crippen LogP contribution is 2.24. The molecule has 0 heterocycles. The first kappa shape index (κ1) is 17.0. The third-order valence-electron chi connectivity index (χ3n) is 3.64. The second kappa shape index (κ2) is 7.07. The Morgan fingerprint density at radius 1 is 1.24 bits per heavy atom. The Kier molecular flexibility index (Phi) is 5.70. The molecule has 21 heavy (non-hydrogen) atoms. The van der Waals surface area contributed by atoms with E-state index in [4.69, 9.17) is 5.11 Å². The number of carbonyl (C=O) groups is 2. The average Bonchev–Trinajstić information content (AvgIpc) is 2.41. The van der Waals surface area contributed by atoms with Crippen molar-refractivity contribution in [3.8, 4) is 0 Å². The third kappa shape index (κ3) is 5.81. The number of carboxylic acids is 1. The minimum atomic E-state index is -0.993. The predicted molar refractivity (Wildman–Crippen MR) is 84.1 cm³/mol. The van der Waals surface area contributed by atoms with Crippen molar-refractivity contribution in [3.63, 3.8) is 0 Å². The standard InChI is InChI=1S/C17H23NO3/c1-12(17(2,3)4)11-18-16(21)14-8-5-13(6-9-14)7-10-15(19)20/h5-10,12H,11H2,1-4H3,(H,18,21)(H,19,20)/b10-7+. The smallest absolute Gasteiger partial charge is 0.328 e. The van der Waals surface area contributed by atoms with Crippen molar-refractivity contribution in [1.82, 2.24) is 5.32 Å². The quantitative estimate of drug-likeness (QED) is 0.818. The van der Waals surface area contributed by atoms with Crippen molar-refractivity contribution in [1.29, 1.82) is 0 Å². The van der Waals surface area contributed by atoms with Crippen LogP contribution in [0.25, 0.3) is 6.08 Å². The Morgan fingerprint density at radius 3 is 2.29 bits per heavy atom. The molecule has 1 amide bonds. The summed E-state index contributed by atoms with van der Waals surface area (Å²) >= 11 is 0. The second-order valence-corrected chi connectivity index (χ2v) is 6.27. The molecule has 0 saturated heterocycles. The van der Waals surface area contributed by atoms with Crippen molar-refractivity contribution in [2.24, 2.45) is 11.3 Å². The van der Waals surface area contributed by atoms with Crippen LogP contribution in [0, 0.1) is 11.3 Å². The molecule has 1 aromatic carbocycles. The SMILES string of the molecule is CC(CNC(=O)c1ccc(/C=C/C(=O)O)cc1)C(C)(C)C. The second-order valence-electron chi connectivity index (χ2n) is 6.27. The predicted octanol–water partition coefficient (Wildman–Crippen LogP) is 3.20. The molecule has 1 unspecified atom stereocenters. The number of carboxylic acid groups (broad SMARTS) is 1. The maximum atomic E-state index is 12.0. The molecule has 2 N–H and O–H groups in total. The van der Waals surface area contributed by atoms with E-state index in [1.165, 1.54) is 6.08 Å². The number of rotatable bonds is 5. The Morgan fingerprint density at radius 2 is 1.81 bits per heavy atom. The number of nitrogens with one attached hydrogen (secondary N) is 1. The molecule has 4 nitrogen and oxygen atoms in total. The minimum absolute atomic E-state index is 0.111. The lowest BCUT2D eigenvalue weighted by atomic mass is 9.82. The van der Waals surface area contributed by atoms with E-state index in [2.05, 4.69) is 33.0 Å². The Bertz CT molecular complexity index is 524. The molecule has 0 aliphatic rings. The topological polar surface area (TPSA) is 66.4 Å². The fourth-order valence-corrected chi connectivity index (χ4v) is 1.57. The lowest BCUT2D eigenvalue weighted by Crippen LogP contribution is -2.33. The zero-order valence-corrected chi connectivity index (χ0v) is 13.0. The van der Waals surface area contributed by atoms with Crippen LogP contribution in [0.5, 0.6) is 0 Å². The molecule has 4 heteroatoms. The van der Waals surface area contributed by atoms with Crippen molar-refractivity contribution >= 4 is 18.0 Å². The number of hydrogen-bond donors (Lipinski definition) is 2. The lowest BCUT2D eigenvalue weighted by Gasteiger charge is -2.27. The van der Waals surface area contributed by atoms with Crippen molar-refractivity contribution in [2.45, 2.75) is 27.7 Å². The van der Waals surface area contributed by atoms with Gasteiger partial charge in [-0.1, -0.05) is 39.8 Å². The molecule has 0 fully saturated rings. The van der Waals surface area contributed by atoms with Gasteiger partial charge in [-0.05, 0) is 35.1 Å². The van der Waals surface area contributed by atoms with Gasteiger partial charge >= 0.3 is 5.97 Å². The first-order valence-corrected chi connectivity index (χ1v) is 6.99. The molecule has 1 rings (SSSR count). The van der Waals surface area contributed by atoms with Crippen LogP contribution >= 0.6 is 0 Å². The fraction of sp³-hybridized carbons (Fsp3) is 0.412. The number of carbonyl (C=O) groups excluding carboxylic acids is 1. The van der Waals surface area contributed by atoms with Crippen LogP contribution < -0.4 is 5.32 Å². The van der Waals surface area contributed by atoms with Gasteiger partial charge in [0.2, 0.25) is 0 Å². The van der Waals surface area contributed by atoms with Crippen LogP contribution in [0.1, 0.15) is 43.6 Å². The molecule has 0 aromatic heterocycles. The van der Waals surface area contributed by atoms with Gasteiger partial charge in [-0.2, -0.15) is 0 Å². The first-order chi connectivity index (χ1) is 9.70. The van der Waals surface area contributed by atoms with E-state index in [0.29, 0.717) is 18.0 Å². The van der Waals surface area contributed by atoms with Crippen LogP contribution in [0.15, 0.2) is 30.3 Å². The molecular formula is C17H23NO3. The van der Waals surface area contributed by atoms with Crippen LogP contribution in [-0.2, 0) is 4.79 Å². The van der Waals surface area contributed by atoms with Gasteiger partial charge in [-0.3, -0.25) is 4.79 Å². The fourth-order valence-electron chi connectivity index (χ4n) is 1.57. The van der Waals surface area contributed by atoms with E-state index in [-0.39, 0.29) is 11.3 Å². The summed E-state index contributed by atoms with van der Waals surface area (Å²) in [6.45, 7) is 9.18. The summed E-state index contributed by atoms with van der Waals surface area (Å²) in [5.74, 6) is -0.730. The van der Waals surface area contributed by atoms with E-state index in [1.807, 2.05) is 0 Å². The highest BCUT2D eigenvalue weighted by atomic mass is 16.4. The molecule has 0 saturated carbocycles.